The number of nitrogens with zero attached hydrogens (tertiary/aromatic N) is 1. The molecule has 0 radical (unpaired) electrons. The van der Waals surface area contributed by atoms with Crippen molar-refractivity contribution in [2.45, 2.75) is 58.8 Å². The van der Waals surface area contributed by atoms with E-state index in [-0.39, 0.29) is 0 Å². The molecule has 2 heterocycles. The van der Waals surface area contributed by atoms with Gasteiger partial charge in [0.1, 0.15) is 0 Å². The first-order valence-electron chi connectivity index (χ1n) is 7.87. The molecule has 0 bridgehead atoms. The van der Waals surface area contributed by atoms with E-state index in [0.717, 1.165) is 6.42 Å². The molecular formula is C18H25NS. The Bertz CT molecular complexity index is 498. The minimum absolute atomic E-state index is 1.11. The van der Waals surface area contributed by atoms with Crippen molar-refractivity contribution in [2.24, 2.45) is 0 Å². The molecule has 0 unspecified atom stereocenters. The number of rotatable bonds is 8. The third-order valence-corrected chi connectivity index (χ3v) is 4.78. The van der Waals surface area contributed by atoms with Gasteiger partial charge in [-0.05, 0) is 43.9 Å². The van der Waals surface area contributed by atoms with Crippen molar-refractivity contribution in [3.63, 3.8) is 0 Å². The first kappa shape index (κ1) is 15.2. The van der Waals surface area contributed by atoms with Gasteiger partial charge in [-0.15, -0.1) is 11.3 Å². The Kier molecular flexibility index (Phi) is 6.25. The van der Waals surface area contributed by atoms with Crippen LogP contribution in [0.3, 0.4) is 0 Å². The Balaban J connectivity index is 1.96. The highest BCUT2D eigenvalue weighted by Crippen LogP contribution is 2.28. The predicted molar refractivity (Wildman–Crippen MR) is 89.4 cm³/mol. The first-order valence-corrected chi connectivity index (χ1v) is 8.69. The zero-order valence-electron chi connectivity index (χ0n) is 12.7. The number of hydrogen-bond acceptors (Lipinski definition) is 2. The summed E-state index contributed by atoms with van der Waals surface area (Å²) in [6.45, 7) is 4.49. The van der Waals surface area contributed by atoms with Gasteiger partial charge in [0, 0.05) is 27.2 Å². The highest BCUT2D eigenvalue weighted by molar-refractivity contribution is 7.15. The molecule has 0 saturated heterocycles. The fraction of sp³-hybridized carbons (Fsp3) is 0.500. The topological polar surface area (TPSA) is 12.9 Å². The number of aryl methyl sites for hydroxylation is 2. The van der Waals surface area contributed by atoms with E-state index in [0.29, 0.717) is 0 Å². The van der Waals surface area contributed by atoms with E-state index in [4.69, 9.17) is 0 Å². The lowest BCUT2D eigenvalue weighted by molar-refractivity contribution is 0.707. The molecule has 2 aromatic heterocycles. The molecule has 2 heteroatoms. The van der Waals surface area contributed by atoms with E-state index in [1.807, 2.05) is 17.5 Å². The van der Waals surface area contributed by atoms with Crippen LogP contribution in [0.1, 0.15) is 56.5 Å². The molecule has 1 nitrogen and oxygen atoms in total. The van der Waals surface area contributed by atoms with Crippen molar-refractivity contribution in [1.82, 2.24) is 4.98 Å². The van der Waals surface area contributed by atoms with Crippen LogP contribution >= 0.6 is 11.3 Å². The Morgan fingerprint density at radius 1 is 0.900 bits per heavy atom. The lowest BCUT2D eigenvalue weighted by Gasteiger charge is -2.01. The average molecular weight is 287 g/mol. The summed E-state index contributed by atoms with van der Waals surface area (Å²) in [6.07, 6.45) is 10.7. The minimum Gasteiger partial charge on any atom is -0.261 e. The molecule has 0 fully saturated rings. The Hall–Kier alpha value is -1.15. The second-order valence-electron chi connectivity index (χ2n) is 5.36. The van der Waals surface area contributed by atoms with E-state index in [1.54, 1.807) is 0 Å². The summed E-state index contributed by atoms with van der Waals surface area (Å²) in [5, 5.41) is 0. The van der Waals surface area contributed by atoms with Crippen molar-refractivity contribution < 1.29 is 0 Å². The number of pyridine rings is 1. The summed E-state index contributed by atoms with van der Waals surface area (Å²) < 4.78 is 0. The SMILES string of the molecule is CCCCCc1ccc(-c2ccc(CCCC)s2)cn1. The monoisotopic (exact) mass is 287 g/mol. The van der Waals surface area contributed by atoms with E-state index in [2.05, 4.69) is 43.1 Å². The summed E-state index contributed by atoms with van der Waals surface area (Å²) in [7, 11) is 0. The summed E-state index contributed by atoms with van der Waals surface area (Å²) in [4.78, 5) is 7.45. The van der Waals surface area contributed by atoms with Crippen molar-refractivity contribution in [3.05, 3.63) is 41.0 Å². The molecule has 2 rings (SSSR count). The maximum absolute atomic E-state index is 4.60. The summed E-state index contributed by atoms with van der Waals surface area (Å²) in [6, 6.07) is 8.92. The van der Waals surface area contributed by atoms with E-state index in [1.165, 1.54) is 59.5 Å². The quantitative estimate of drug-likeness (QED) is 0.552. The van der Waals surface area contributed by atoms with Crippen LogP contribution in [-0.2, 0) is 12.8 Å². The van der Waals surface area contributed by atoms with Crippen molar-refractivity contribution in [2.75, 3.05) is 0 Å². The number of thiophene rings is 1. The van der Waals surface area contributed by atoms with Gasteiger partial charge in [0.15, 0.2) is 0 Å². The predicted octanol–water partition coefficient (Wildman–Crippen LogP) is 5.89. The summed E-state index contributed by atoms with van der Waals surface area (Å²) in [5.74, 6) is 0. The largest absolute Gasteiger partial charge is 0.261 e. The normalized spacial score (nSPS) is 10.9. The lowest BCUT2D eigenvalue weighted by Crippen LogP contribution is -1.89. The van der Waals surface area contributed by atoms with Crippen molar-refractivity contribution in [1.29, 1.82) is 0 Å². The van der Waals surface area contributed by atoms with Crippen LogP contribution in [0.4, 0.5) is 0 Å². The maximum atomic E-state index is 4.60. The van der Waals surface area contributed by atoms with Crippen LogP contribution in [0.5, 0.6) is 0 Å². The molecule has 0 amide bonds. The molecule has 0 aliphatic heterocycles. The smallest absolute Gasteiger partial charge is 0.0404 e. The summed E-state index contributed by atoms with van der Waals surface area (Å²) >= 11 is 1.91. The van der Waals surface area contributed by atoms with Gasteiger partial charge >= 0.3 is 0 Å². The third kappa shape index (κ3) is 4.45. The van der Waals surface area contributed by atoms with Gasteiger partial charge in [0.05, 0.1) is 0 Å². The van der Waals surface area contributed by atoms with E-state index >= 15 is 0 Å². The Morgan fingerprint density at radius 2 is 1.75 bits per heavy atom. The van der Waals surface area contributed by atoms with Crippen LogP contribution in [0.15, 0.2) is 30.5 Å². The van der Waals surface area contributed by atoms with Crippen LogP contribution in [0.2, 0.25) is 0 Å². The maximum Gasteiger partial charge on any atom is 0.0404 e. The highest BCUT2D eigenvalue weighted by Gasteiger charge is 2.04. The molecule has 108 valence electrons. The Morgan fingerprint density at radius 3 is 2.45 bits per heavy atom. The highest BCUT2D eigenvalue weighted by atomic mass is 32.1. The third-order valence-electron chi connectivity index (χ3n) is 3.58. The number of hydrogen-bond donors (Lipinski definition) is 0. The molecule has 0 aliphatic rings. The average Bonchev–Trinajstić information content (AvgIpc) is 2.95. The molecule has 0 N–H and O–H groups in total. The molecule has 0 aliphatic carbocycles. The molecule has 0 spiro atoms. The summed E-state index contributed by atoms with van der Waals surface area (Å²) in [5.41, 5.74) is 2.49. The standard InChI is InChI=1S/C18H25NS/c1-3-5-7-8-16-11-10-15(14-19-16)18-13-12-17(20-18)9-6-4-2/h10-14H,3-9H2,1-2H3. The molecule has 0 aromatic carbocycles. The van der Waals surface area contributed by atoms with Crippen LogP contribution < -0.4 is 0 Å². The second kappa shape index (κ2) is 8.21. The lowest BCUT2D eigenvalue weighted by atomic mass is 10.1. The van der Waals surface area contributed by atoms with Gasteiger partial charge in [0.25, 0.3) is 0 Å². The molecule has 0 saturated carbocycles. The van der Waals surface area contributed by atoms with Gasteiger partial charge in [-0.25, -0.2) is 0 Å². The van der Waals surface area contributed by atoms with Crippen LogP contribution in [-0.4, -0.2) is 4.98 Å². The van der Waals surface area contributed by atoms with Crippen molar-refractivity contribution in [3.8, 4) is 10.4 Å². The van der Waals surface area contributed by atoms with Crippen LogP contribution in [0, 0.1) is 0 Å². The Labute approximate surface area is 127 Å². The zero-order valence-corrected chi connectivity index (χ0v) is 13.5. The van der Waals surface area contributed by atoms with Gasteiger partial charge < -0.3 is 0 Å². The number of unbranched alkanes of at least 4 members (excludes halogenated alkanes) is 3. The first-order chi connectivity index (χ1) is 9.83. The second-order valence-corrected chi connectivity index (χ2v) is 6.53. The molecule has 2 aromatic rings. The van der Waals surface area contributed by atoms with E-state index in [9.17, 15) is 0 Å². The van der Waals surface area contributed by atoms with Crippen molar-refractivity contribution >= 4 is 11.3 Å². The van der Waals surface area contributed by atoms with E-state index < -0.39 is 0 Å². The fourth-order valence-corrected chi connectivity index (χ4v) is 3.33. The van der Waals surface area contributed by atoms with Gasteiger partial charge in [-0.3, -0.25) is 4.98 Å². The van der Waals surface area contributed by atoms with Gasteiger partial charge in [0.2, 0.25) is 0 Å². The van der Waals surface area contributed by atoms with Gasteiger partial charge in [-0.1, -0.05) is 39.2 Å². The zero-order chi connectivity index (χ0) is 14.2. The molecule has 20 heavy (non-hydrogen) atoms. The van der Waals surface area contributed by atoms with Gasteiger partial charge in [-0.2, -0.15) is 0 Å². The van der Waals surface area contributed by atoms with Crippen LogP contribution in [0.25, 0.3) is 10.4 Å². The fourth-order valence-electron chi connectivity index (χ4n) is 2.29. The molecule has 0 atom stereocenters. The number of aromatic nitrogens is 1. The molecular weight excluding hydrogens is 262 g/mol. The minimum atomic E-state index is 1.11.